The van der Waals surface area contributed by atoms with Crippen LogP contribution >= 0.6 is 38.5 Å². The summed E-state index contributed by atoms with van der Waals surface area (Å²) in [4.78, 5) is 11.6. The Balaban J connectivity index is 2.69. The second kappa shape index (κ2) is 6.42. The third kappa shape index (κ3) is 3.71. The number of hydrogen-bond donors (Lipinski definition) is 1. The molecule has 1 aromatic carbocycles. The maximum absolute atomic E-state index is 13.1. The smallest absolute Gasteiger partial charge is 0.252 e. The van der Waals surface area contributed by atoms with Gasteiger partial charge >= 0.3 is 0 Å². The van der Waals surface area contributed by atoms with Gasteiger partial charge in [-0.15, -0.1) is 0 Å². The minimum absolute atomic E-state index is 0.219. The number of benzene rings is 1. The van der Waals surface area contributed by atoms with Crippen molar-refractivity contribution >= 4 is 44.4 Å². The van der Waals surface area contributed by atoms with Crippen molar-refractivity contribution in [1.29, 1.82) is 0 Å². The highest BCUT2D eigenvalue weighted by molar-refractivity contribution is 14.1. The topological polar surface area (TPSA) is 29.1 Å². The van der Waals surface area contributed by atoms with Crippen molar-refractivity contribution in [2.45, 2.75) is 6.42 Å². The molecule has 2 nitrogen and oxygen atoms in total. The summed E-state index contributed by atoms with van der Waals surface area (Å²) < 4.78 is 14.3. The number of hydrogen-bond acceptors (Lipinski definition) is 1. The van der Waals surface area contributed by atoms with Crippen molar-refractivity contribution in [1.82, 2.24) is 5.32 Å². The lowest BCUT2D eigenvalue weighted by Gasteiger charge is -2.06. The molecule has 5 heteroatoms. The zero-order chi connectivity index (χ0) is 11.3. The quantitative estimate of drug-likeness (QED) is 0.481. The van der Waals surface area contributed by atoms with E-state index in [1.165, 1.54) is 12.1 Å². The highest BCUT2D eigenvalue weighted by Gasteiger charge is 2.11. The van der Waals surface area contributed by atoms with Gasteiger partial charge in [0.1, 0.15) is 5.82 Å². The van der Waals surface area contributed by atoms with Gasteiger partial charge in [-0.1, -0.05) is 28.7 Å². The molecule has 0 aliphatic rings. The first-order valence-electron chi connectivity index (χ1n) is 4.45. The molecule has 0 spiro atoms. The average molecular weight is 386 g/mol. The van der Waals surface area contributed by atoms with Gasteiger partial charge in [0, 0.05) is 11.0 Å². The summed E-state index contributed by atoms with van der Waals surface area (Å²) in [5.74, 6) is -0.664. The molecule has 0 aliphatic heterocycles. The molecule has 0 bridgehead atoms. The van der Waals surface area contributed by atoms with E-state index in [1.807, 2.05) is 0 Å². The number of carbonyl (C=O) groups excluding carboxylic acids is 1. The molecular formula is C10H10BrFINO. The molecule has 0 aliphatic carbocycles. The van der Waals surface area contributed by atoms with Crippen LogP contribution in [0.15, 0.2) is 22.7 Å². The lowest BCUT2D eigenvalue weighted by atomic mass is 10.2. The summed E-state index contributed by atoms with van der Waals surface area (Å²) >= 11 is 5.29. The van der Waals surface area contributed by atoms with Crippen LogP contribution in [0.2, 0.25) is 0 Å². The van der Waals surface area contributed by atoms with E-state index in [-0.39, 0.29) is 10.4 Å². The second-order valence-corrected chi connectivity index (χ2v) is 4.77. The van der Waals surface area contributed by atoms with Crippen LogP contribution in [0.1, 0.15) is 16.8 Å². The van der Waals surface area contributed by atoms with E-state index < -0.39 is 5.82 Å². The molecule has 82 valence electrons. The molecule has 0 radical (unpaired) electrons. The van der Waals surface area contributed by atoms with E-state index in [0.29, 0.717) is 12.1 Å². The zero-order valence-electron chi connectivity index (χ0n) is 7.90. The molecule has 0 atom stereocenters. The van der Waals surface area contributed by atoms with Crippen LogP contribution in [0.3, 0.4) is 0 Å². The minimum atomic E-state index is -0.420. The first-order valence-corrected chi connectivity index (χ1v) is 6.77. The Morgan fingerprint density at radius 2 is 2.27 bits per heavy atom. The molecule has 1 N–H and O–H groups in total. The van der Waals surface area contributed by atoms with Crippen LogP contribution in [0, 0.1) is 5.82 Å². The lowest BCUT2D eigenvalue weighted by molar-refractivity contribution is 0.0952. The largest absolute Gasteiger partial charge is 0.352 e. The fourth-order valence-electron chi connectivity index (χ4n) is 1.04. The van der Waals surface area contributed by atoms with Crippen molar-refractivity contribution in [3.05, 3.63) is 34.1 Å². The number of alkyl halides is 1. The van der Waals surface area contributed by atoms with E-state index in [0.717, 1.165) is 10.8 Å². The molecule has 0 aromatic heterocycles. The summed E-state index contributed by atoms with van der Waals surface area (Å²) in [5, 5.41) is 2.73. The summed E-state index contributed by atoms with van der Waals surface area (Å²) in [7, 11) is 0. The van der Waals surface area contributed by atoms with Crippen molar-refractivity contribution in [3.8, 4) is 0 Å². The highest BCUT2D eigenvalue weighted by Crippen LogP contribution is 2.20. The van der Waals surface area contributed by atoms with Crippen LogP contribution in [0.25, 0.3) is 0 Å². The Labute approximate surface area is 110 Å². The average Bonchev–Trinajstić information content (AvgIpc) is 2.22. The summed E-state index contributed by atoms with van der Waals surface area (Å²) in [6.45, 7) is 0.616. The van der Waals surface area contributed by atoms with Crippen LogP contribution in [0.4, 0.5) is 4.39 Å². The van der Waals surface area contributed by atoms with Crippen LogP contribution < -0.4 is 5.32 Å². The summed E-state index contributed by atoms with van der Waals surface area (Å²) in [6.07, 6.45) is 0.916. The number of rotatable bonds is 4. The molecule has 0 fully saturated rings. The predicted molar refractivity (Wildman–Crippen MR) is 69.9 cm³/mol. The Bertz CT molecular complexity index is 359. The number of carbonyl (C=O) groups is 1. The molecule has 15 heavy (non-hydrogen) atoms. The predicted octanol–water partition coefficient (Wildman–Crippen LogP) is 3.14. The molecule has 1 amide bonds. The first-order chi connectivity index (χ1) is 7.16. The fourth-order valence-corrected chi connectivity index (χ4v) is 1.87. The van der Waals surface area contributed by atoms with Gasteiger partial charge in [0.25, 0.3) is 5.91 Å². The Kier molecular flexibility index (Phi) is 5.52. The van der Waals surface area contributed by atoms with Crippen LogP contribution in [-0.4, -0.2) is 16.9 Å². The number of nitrogens with one attached hydrogen (secondary N) is 1. The standard InChI is InChI=1S/C10H10BrFINO/c11-9-7(3-1-4-8(9)12)10(15)14-6-2-5-13/h1,3-4H,2,5-6H2,(H,14,15). The zero-order valence-corrected chi connectivity index (χ0v) is 11.6. The van der Waals surface area contributed by atoms with Gasteiger partial charge in [-0.3, -0.25) is 4.79 Å². The van der Waals surface area contributed by atoms with Gasteiger partial charge in [-0.05, 0) is 34.5 Å². The van der Waals surface area contributed by atoms with Crippen molar-refractivity contribution in [2.24, 2.45) is 0 Å². The Morgan fingerprint density at radius 3 is 2.93 bits per heavy atom. The van der Waals surface area contributed by atoms with E-state index in [2.05, 4.69) is 43.8 Å². The van der Waals surface area contributed by atoms with E-state index in [4.69, 9.17) is 0 Å². The summed E-state index contributed by atoms with van der Waals surface area (Å²) in [5.41, 5.74) is 0.337. The molecule has 1 rings (SSSR count). The monoisotopic (exact) mass is 385 g/mol. The van der Waals surface area contributed by atoms with E-state index in [1.54, 1.807) is 6.07 Å². The normalized spacial score (nSPS) is 10.1. The molecular weight excluding hydrogens is 376 g/mol. The van der Waals surface area contributed by atoms with Gasteiger partial charge in [0.15, 0.2) is 0 Å². The van der Waals surface area contributed by atoms with Gasteiger partial charge in [0.05, 0.1) is 10.0 Å². The molecule has 0 unspecified atom stereocenters. The van der Waals surface area contributed by atoms with Crippen molar-refractivity contribution < 1.29 is 9.18 Å². The molecule has 0 heterocycles. The van der Waals surface area contributed by atoms with Crippen molar-refractivity contribution in [3.63, 3.8) is 0 Å². The Morgan fingerprint density at radius 1 is 1.53 bits per heavy atom. The lowest BCUT2D eigenvalue weighted by Crippen LogP contribution is -2.25. The molecule has 0 saturated heterocycles. The maximum Gasteiger partial charge on any atom is 0.252 e. The highest BCUT2D eigenvalue weighted by atomic mass is 127. The van der Waals surface area contributed by atoms with Gasteiger partial charge in [-0.25, -0.2) is 4.39 Å². The Hall–Kier alpha value is -0.170. The second-order valence-electron chi connectivity index (χ2n) is 2.90. The first kappa shape index (κ1) is 12.9. The van der Waals surface area contributed by atoms with Gasteiger partial charge in [-0.2, -0.15) is 0 Å². The van der Waals surface area contributed by atoms with Gasteiger partial charge < -0.3 is 5.32 Å². The SMILES string of the molecule is O=C(NCCCI)c1cccc(F)c1Br. The molecule has 0 saturated carbocycles. The van der Waals surface area contributed by atoms with E-state index in [9.17, 15) is 9.18 Å². The summed E-state index contributed by atoms with van der Waals surface area (Å²) in [6, 6.07) is 4.42. The third-order valence-corrected chi connectivity index (χ3v) is 3.36. The number of halogens is 3. The van der Waals surface area contributed by atoms with Crippen molar-refractivity contribution in [2.75, 3.05) is 11.0 Å². The van der Waals surface area contributed by atoms with Crippen LogP contribution in [-0.2, 0) is 0 Å². The van der Waals surface area contributed by atoms with Crippen LogP contribution in [0.5, 0.6) is 0 Å². The maximum atomic E-state index is 13.1. The van der Waals surface area contributed by atoms with Gasteiger partial charge in [0.2, 0.25) is 0 Å². The number of amides is 1. The third-order valence-electron chi connectivity index (χ3n) is 1.79. The molecule has 1 aromatic rings. The van der Waals surface area contributed by atoms with E-state index >= 15 is 0 Å². The minimum Gasteiger partial charge on any atom is -0.352 e. The fraction of sp³-hybridized carbons (Fsp3) is 0.300.